The molecule has 0 unspecified atom stereocenters. The molecule has 1 N–H and O–H groups in total. The summed E-state index contributed by atoms with van der Waals surface area (Å²) in [5, 5.41) is 10.2. The molecule has 0 aliphatic carbocycles. The number of rotatable bonds is 6. The zero-order valence-corrected chi connectivity index (χ0v) is 14.8. The molecule has 1 fully saturated rings. The highest BCUT2D eigenvalue weighted by Gasteiger charge is 2.36. The Bertz CT molecular complexity index is 522. The third kappa shape index (κ3) is 4.40. The molecule has 1 heterocycles. The number of ether oxygens (including phenoxy) is 2. The van der Waals surface area contributed by atoms with Crippen molar-refractivity contribution in [3.8, 4) is 5.75 Å². The van der Waals surface area contributed by atoms with E-state index in [4.69, 9.17) is 14.1 Å². The highest BCUT2D eigenvalue weighted by Crippen LogP contribution is 2.25. The second-order valence-corrected chi connectivity index (χ2v) is 6.83. The van der Waals surface area contributed by atoms with Gasteiger partial charge in [-0.2, -0.15) is 0 Å². The van der Waals surface area contributed by atoms with Gasteiger partial charge in [-0.1, -0.05) is 6.07 Å². The standard InChI is InChI=1S/C17H27BNO4/c1-16(2,20)17(3,4)23-18-14-7-6-13(12-15(14)21-5)19-8-10-22-11-9-19/h6-7,12,20H,8-11H2,1-5H3. The van der Waals surface area contributed by atoms with Crippen LogP contribution in [-0.2, 0) is 9.39 Å². The lowest BCUT2D eigenvalue weighted by Crippen LogP contribution is -2.49. The topological polar surface area (TPSA) is 51.2 Å². The van der Waals surface area contributed by atoms with Crippen molar-refractivity contribution in [3.63, 3.8) is 0 Å². The van der Waals surface area contributed by atoms with Gasteiger partial charge >= 0.3 is 7.48 Å². The Labute approximate surface area is 139 Å². The van der Waals surface area contributed by atoms with Crippen LogP contribution in [0.1, 0.15) is 27.7 Å². The Balaban J connectivity index is 2.10. The van der Waals surface area contributed by atoms with E-state index in [0.717, 1.165) is 43.2 Å². The molecule has 1 aliphatic heterocycles. The number of morpholine rings is 1. The van der Waals surface area contributed by atoms with E-state index in [0.29, 0.717) is 0 Å². The van der Waals surface area contributed by atoms with Crippen LogP contribution in [0.2, 0.25) is 0 Å². The van der Waals surface area contributed by atoms with Crippen molar-refractivity contribution < 1.29 is 19.2 Å². The molecule has 0 spiro atoms. The quantitative estimate of drug-likeness (QED) is 0.802. The van der Waals surface area contributed by atoms with Crippen LogP contribution < -0.4 is 15.1 Å². The maximum atomic E-state index is 10.2. The Morgan fingerprint density at radius 1 is 1.17 bits per heavy atom. The van der Waals surface area contributed by atoms with Gasteiger partial charge in [0, 0.05) is 24.8 Å². The number of hydrogen-bond donors (Lipinski definition) is 1. The van der Waals surface area contributed by atoms with Gasteiger partial charge in [-0.25, -0.2) is 0 Å². The summed E-state index contributed by atoms with van der Waals surface area (Å²) in [5.74, 6) is 0.750. The zero-order valence-electron chi connectivity index (χ0n) is 14.8. The van der Waals surface area contributed by atoms with Crippen molar-refractivity contribution in [1.82, 2.24) is 0 Å². The minimum absolute atomic E-state index is 0.707. The number of nitrogens with zero attached hydrogens (tertiary/aromatic N) is 1. The maximum Gasteiger partial charge on any atom is 0.334 e. The molecule has 0 amide bonds. The van der Waals surface area contributed by atoms with Gasteiger partial charge in [0.05, 0.1) is 31.5 Å². The summed E-state index contributed by atoms with van der Waals surface area (Å²) in [4.78, 5) is 2.28. The highest BCUT2D eigenvalue weighted by molar-refractivity contribution is 6.48. The van der Waals surface area contributed by atoms with Crippen molar-refractivity contribution in [2.75, 3.05) is 38.3 Å². The fourth-order valence-corrected chi connectivity index (χ4v) is 2.17. The number of hydrogen-bond acceptors (Lipinski definition) is 5. The molecule has 0 bridgehead atoms. The second kappa shape index (κ2) is 7.12. The van der Waals surface area contributed by atoms with Gasteiger partial charge in [0.2, 0.25) is 0 Å². The molecule has 1 radical (unpaired) electrons. The van der Waals surface area contributed by atoms with Crippen LogP contribution >= 0.6 is 0 Å². The predicted octanol–water partition coefficient (Wildman–Crippen LogP) is 1.34. The molecule has 2 rings (SSSR count). The predicted molar refractivity (Wildman–Crippen MR) is 92.9 cm³/mol. The molecule has 127 valence electrons. The molecule has 5 nitrogen and oxygen atoms in total. The van der Waals surface area contributed by atoms with Crippen molar-refractivity contribution in [2.45, 2.75) is 38.9 Å². The maximum absolute atomic E-state index is 10.2. The van der Waals surface area contributed by atoms with Crippen LogP contribution in [0.5, 0.6) is 5.75 Å². The van der Waals surface area contributed by atoms with Crippen molar-refractivity contribution >= 4 is 18.6 Å². The molecular weight excluding hydrogens is 293 g/mol. The molecule has 6 heteroatoms. The van der Waals surface area contributed by atoms with Gasteiger partial charge in [0.25, 0.3) is 0 Å². The van der Waals surface area contributed by atoms with Crippen molar-refractivity contribution in [3.05, 3.63) is 18.2 Å². The van der Waals surface area contributed by atoms with Crippen LogP contribution in [0.15, 0.2) is 18.2 Å². The third-order valence-corrected chi connectivity index (χ3v) is 4.55. The van der Waals surface area contributed by atoms with E-state index in [1.807, 2.05) is 26.0 Å². The smallest absolute Gasteiger partial charge is 0.334 e. The van der Waals surface area contributed by atoms with Gasteiger partial charge in [0.15, 0.2) is 0 Å². The Morgan fingerprint density at radius 2 is 1.83 bits per heavy atom. The molecule has 1 aromatic rings. The lowest BCUT2D eigenvalue weighted by Gasteiger charge is -2.37. The van der Waals surface area contributed by atoms with Crippen molar-refractivity contribution in [2.24, 2.45) is 0 Å². The number of anilines is 1. The third-order valence-electron chi connectivity index (χ3n) is 4.55. The first kappa shape index (κ1) is 18.1. The Morgan fingerprint density at radius 3 is 2.39 bits per heavy atom. The summed E-state index contributed by atoms with van der Waals surface area (Å²) < 4.78 is 16.7. The Kier molecular flexibility index (Phi) is 5.60. The lowest BCUT2D eigenvalue weighted by molar-refractivity contribution is -0.0893. The second-order valence-electron chi connectivity index (χ2n) is 6.83. The molecule has 1 aliphatic rings. The van der Waals surface area contributed by atoms with E-state index in [1.165, 1.54) is 0 Å². The minimum atomic E-state index is -0.954. The highest BCUT2D eigenvalue weighted by atomic mass is 16.5. The summed E-state index contributed by atoms with van der Waals surface area (Å²) in [6.07, 6.45) is 0. The van der Waals surface area contributed by atoms with E-state index in [1.54, 1.807) is 28.4 Å². The molecule has 1 saturated heterocycles. The van der Waals surface area contributed by atoms with Crippen LogP contribution in [0.25, 0.3) is 0 Å². The summed E-state index contributed by atoms with van der Waals surface area (Å²) in [6, 6.07) is 6.04. The van der Waals surface area contributed by atoms with Crippen LogP contribution in [0.4, 0.5) is 5.69 Å². The first-order valence-corrected chi connectivity index (χ1v) is 7.99. The lowest BCUT2D eigenvalue weighted by atomic mass is 9.82. The Hall–Kier alpha value is -1.24. The summed E-state index contributed by atoms with van der Waals surface area (Å²) >= 11 is 0. The van der Waals surface area contributed by atoms with Crippen LogP contribution in [0, 0.1) is 0 Å². The molecular formula is C17H27BNO4. The molecule has 0 saturated carbocycles. The summed E-state index contributed by atoms with van der Waals surface area (Å²) in [6.45, 7) is 10.5. The van der Waals surface area contributed by atoms with Crippen LogP contribution in [-0.4, -0.2) is 57.2 Å². The fraction of sp³-hybridized carbons (Fsp3) is 0.647. The van der Waals surface area contributed by atoms with Gasteiger partial charge in [0.1, 0.15) is 5.75 Å². The monoisotopic (exact) mass is 320 g/mol. The van der Waals surface area contributed by atoms with Gasteiger partial charge in [-0.3, -0.25) is 0 Å². The number of benzene rings is 1. The SMILES string of the molecule is COc1cc(N2CCOCC2)ccc1[B]OC(C)(C)C(C)(C)O. The first-order chi connectivity index (χ1) is 10.7. The average molecular weight is 320 g/mol. The summed E-state index contributed by atoms with van der Waals surface area (Å²) in [5.41, 5.74) is 0.302. The van der Waals surface area contributed by atoms with Gasteiger partial charge in [-0.05, 0) is 39.2 Å². The number of aliphatic hydroxyl groups is 1. The first-order valence-electron chi connectivity index (χ1n) is 7.99. The molecule has 0 aromatic heterocycles. The normalized spacial score (nSPS) is 16.3. The van der Waals surface area contributed by atoms with Gasteiger partial charge in [-0.15, -0.1) is 0 Å². The van der Waals surface area contributed by atoms with Gasteiger partial charge < -0.3 is 24.1 Å². The number of methoxy groups -OCH3 is 1. The van der Waals surface area contributed by atoms with Crippen LogP contribution in [0.3, 0.4) is 0 Å². The van der Waals surface area contributed by atoms with E-state index >= 15 is 0 Å². The molecule has 0 atom stereocenters. The van der Waals surface area contributed by atoms with E-state index in [2.05, 4.69) is 11.0 Å². The average Bonchev–Trinajstić information content (AvgIpc) is 2.52. The largest absolute Gasteiger partial charge is 0.497 e. The van der Waals surface area contributed by atoms with E-state index in [9.17, 15) is 5.11 Å². The minimum Gasteiger partial charge on any atom is -0.497 e. The summed E-state index contributed by atoms with van der Waals surface area (Å²) in [7, 11) is 3.30. The van der Waals surface area contributed by atoms with Crippen molar-refractivity contribution in [1.29, 1.82) is 0 Å². The molecule has 1 aromatic carbocycles. The van der Waals surface area contributed by atoms with E-state index in [-0.39, 0.29) is 0 Å². The zero-order chi connectivity index (χ0) is 17.1. The van der Waals surface area contributed by atoms with E-state index < -0.39 is 11.2 Å². The molecule has 23 heavy (non-hydrogen) atoms. The fourth-order valence-electron chi connectivity index (χ4n) is 2.17.